The Morgan fingerprint density at radius 2 is 2.06 bits per heavy atom. The summed E-state index contributed by atoms with van der Waals surface area (Å²) in [5, 5.41) is 3.06. The lowest BCUT2D eigenvalue weighted by atomic mass is 10.4. The largest absolute Gasteiger partial charge is 0.316 e. The lowest BCUT2D eigenvalue weighted by molar-refractivity contribution is 0.577. The van der Waals surface area contributed by atoms with Gasteiger partial charge in [-0.3, -0.25) is 0 Å². The molecule has 0 aromatic heterocycles. The summed E-state index contributed by atoms with van der Waals surface area (Å²) in [7, 11) is -3.38. The van der Waals surface area contributed by atoms with E-state index >= 15 is 0 Å². The second-order valence-corrected chi connectivity index (χ2v) is 6.08. The Morgan fingerprint density at radius 1 is 1.29 bits per heavy atom. The quantitative estimate of drug-likeness (QED) is 0.581. The molecule has 0 heterocycles. The highest BCUT2D eigenvalue weighted by Gasteiger charge is 2.13. The van der Waals surface area contributed by atoms with Crippen LogP contribution < -0.4 is 10.0 Å². The predicted octanol–water partition coefficient (Wildman–Crippen LogP) is 1.30. The zero-order chi connectivity index (χ0) is 12.7. The van der Waals surface area contributed by atoms with Gasteiger partial charge in [-0.1, -0.05) is 13.0 Å². The summed E-state index contributed by atoms with van der Waals surface area (Å²) in [5.74, 6) is 0. The minimum Gasteiger partial charge on any atom is -0.316 e. The molecule has 96 valence electrons. The Bertz CT molecular complexity index is 447. The van der Waals surface area contributed by atoms with Gasteiger partial charge in [0, 0.05) is 18.0 Å². The smallest absolute Gasteiger partial charge is 0.240 e. The van der Waals surface area contributed by atoms with Gasteiger partial charge in [-0.2, -0.15) is 0 Å². The van der Waals surface area contributed by atoms with Gasteiger partial charge in [0.25, 0.3) is 0 Å². The van der Waals surface area contributed by atoms with Crippen LogP contribution in [-0.2, 0) is 10.0 Å². The summed E-state index contributed by atoms with van der Waals surface area (Å²) in [6, 6.07) is 6.93. The molecule has 0 bridgehead atoms. The third kappa shape index (κ3) is 4.67. The monoisotopic (exact) mass is 274 g/mol. The van der Waals surface area contributed by atoms with E-state index < -0.39 is 10.0 Å². The molecule has 4 nitrogen and oxygen atoms in total. The van der Waals surface area contributed by atoms with Crippen molar-refractivity contribution in [3.63, 3.8) is 0 Å². The fraction of sp³-hybridized carbons (Fsp3) is 0.455. The van der Waals surface area contributed by atoms with E-state index in [0.717, 1.165) is 11.4 Å². The fourth-order valence-corrected chi connectivity index (χ4v) is 2.91. The van der Waals surface area contributed by atoms with Gasteiger partial charge in [0.2, 0.25) is 10.0 Å². The highest BCUT2D eigenvalue weighted by molar-refractivity contribution is 7.98. The van der Waals surface area contributed by atoms with Crippen LogP contribution in [0.2, 0.25) is 0 Å². The molecule has 0 saturated carbocycles. The van der Waals surface area contributed by atoms with Crippen molar-refractivity contribution in [3.05, 3.63) is 24.3 Å². The van der Waals surface area contributed by atoms with Gasteiger partial charge in [0.05, 0.1) is 4.90 Å². The van der Waals surface area contributed by atoms with Gasteiger partial charge in [-0.25, -0.2) is 13.1 Å². The van der Waals surface area contributed by atoms with Crippen LogP contribution in [0.3, 0.4) is 0 Å². The molecule has 0 aliphatic rings. The standard InChI is InChI=1S/C11H18N2O2S2/c1-3-12-7-8-13-17(14,15)11-6-4-5-10(9-11)16-2/h4-6,9,12-13H,3,7-8H2,1-2H3. The molecule has 17 heavy (non-hydrogen) atoms. The Kier molecular flexibility index (Phi) is 5.97. The molecule has 0 amide bonds. The Morgan fingerprint density at radius 3 is 2.71 bits per heavy atom. The van der Waals surface area contributed by atoms with Crippen molar-refractivity contribution in [1.82, 2.24) is 10.0 Å². The van der Waals surface area contributed by atoms with Crippen LogP contribution in [-0.4, -0.2) is 34.3 Å². The fourth-order valence-electron chi connectivity index (χ4n) is 1.30. The molecule has 0 aliphatic heterocycles. The third-order valence-electron chi connectivity index (χ3n) is 2.20. The van der Waals surface area contributed by atoms with Crippen LogP contribution in [0, 0.1) is 0 Å². The average Bonchev–Trinajstić information content (AvgIpc) is 2.35. The number of sulfonamides is 1. The molecule has 6 heteroatoms. The van der Waals surface area contributed by atoms with Crippen molar-refractivity contribution in [2.75, 3.05) is 25.9 Å². The molecular formula is C11H18N2O2S2. The zero-order valence-corrected chi connectivity index (χ0v) is 11.7. The number of thioether (sulfide) groups is 1. The predicted molar refractivity (Wildman–Crippen MR) is 72.0 cm³/mol. The first-order chi connectivity index (χ1) is 8.10. The van der Waals surface area contributed by atoms with Crippen molar-refractivity contribution in [3.8, 4) is 0 Å². The van der Waals surface area contributed by atoms with Crippen molar-refractivity contribution < 1.29 is 8.42 Å². The van der Waals surface area contributed by atoms with Gasteiger partial charge in [-0.15, -0.1) is 11.8 Å². The molecule has 1 rings (SSSR count). The van der Waals surface area contributed by atoms with E-state index in [1.165, 1.54) is 11.8 Å². The molecule has 0 saturated heterocycles. The van der Waals surface area contributed by atoms with Crippen LogP contribution in [0.4, 0.5) is 0 Å². The molecule has 2 N–H and O–H groups in total. The molecule has 0 unspecified atom stereocenters. The lowest BCUT2D eigenvalue weighted by Crippen LogP contribution is -2.31. The summed E-state index contributed by atoms with van der Waals surface area (Å²) < 4.78 is 26.4. The highest BCUT2D eigenvalue weighted by Crippen LogP contribution is 2.18. The molecule has 1 aromatic rings. The van der Waals surface area contributed by atoms with E-state index in [-0.39, 0.29) is 0 Å². The van der Waals surface area contributed by atoms with Gasteiger partial charge in [0.1, 0.15) is 0 Å². The molecule has 0 radical (unpaired) electrons. The number of hydrogen-bond donors (Lipinski definition) is 2. The maximum absolute atomic E-state index is 11.9. The first-order valence-electron chi connectivity index (χ1n) is 5.44. The Hall–Kier alpha value is -0.560. The van der Waals surface area contributed by atoms with Crippen LogP contribution in [0.25, 0.3) is 0 Å². The topological polar surface area (TPSA) is 58.2 Å². The number of hydrogen-bond acceptors (Lipinski definition) is 4. The average molecular weight is 274 g/mol. The molecule has 1 aromatic carbocycles. The van der Waals surface area contributed by atoms with E-state index in [1.54, 1.807) is 18.2 Å². The van der Waals surface area contributed by atoms with Crippen LogP contribution in [0.1, 0.15) is 6.92 Å². The molecule has 0 fully saturated rings. The van der Waals surface area contributed by atoms with E-state index in [2.05, 4.69) is 10.0 Å². The molecule has 0 aliphatic carbocycles. The first-order valence-corrected chi connectivity index (χ1v) is 8.15. The van der Waals surface area contributed by atoms with Crippen molar-refractivity contribution >= 4 is 21.8 Å². The van der Waals surface area contributed by atoms with Crippen LogP contribution in [0.15, 0.2) is 34.1 Å². The van der Waals surface area contributed by atoms with Gasteiger partial charge >= 0.3 is 0 Å². The SMILES string of the molecule is CCNCCNS(=O)(=O)c1cccc(SC)c1. The minimum absolute atomic E-state index is 0.320. The second kappa shape index (κ2) is 7.00. The Labute approximate surface area is 107 Å². The van der Waals surface area contributed by atoms with Gasteiger partial charge < -0.3 is 5.32 Å². The van der Waals surface area contributed by atoms with Crippen molar-refractivity contribution in [2.24, 2.45) is 0 Å². The zero-order valence-electron chi connectivity index (χ0n) is 10.1. The highest BCUT2D eigenvalue weighted by atomic mass is 32.2. The third-order valence-corrected chi connectivity index (χ3v) is 4.38. The number of nitrogens with one attached hydrogen (secondary N) is 2. The van der Waals surface area contributed by atoms with Crippen molar-refractivity contribution in [2.45, 2.75) is 16.7 Å². The molecule has 0 atom stereocenters. The second-order valence-electron chi connectivity index (χ2n) is 3.43. The summed E-state index contributed by atoms with van der Waals surface area (Å²) in [6.45, 7) is 3.86. The number of likely N-dealkylation sites (N-methyl/N-ethyl adjacent to an activating group) is 1. The van der Waals surface area contributed by atoms with E-state index in [1.807, 2.05) is 19.2 Å². The summed E-state index contributed by atoms with van der Waals surface area (Å²) >= 11 is 1.53. The van der Waals surface area contributed by atoms with E-state index in [4.69, 9.17) is 0 Å². The number of rotatable bonds is 7. The maximum Gasteiger partial charge on any atom is 0.240 e. The lowest BCUT2D eigenvalue weighted by Gasteiger charge is -2.07. The normalized spacial score (nSPS) is 11.6. The summed E-state index contributed by atoms with van der Waals surface area (Å²) in [6.07, 6.45) is 1.92. The van der Waals surface area contributed by atoms with Gasteiger partial charge in [0.15, 0.2) is 0 Å². The summed E-state index contributed by atoms with van der Waals surface area (Å²) in [4.78, 5) is 1.26. The summed E-state index contributed by atoms with van der Waals surface area (Å²) in [5.41, 5.74) is 0. The minimum atomic E-state index is -3.38. The van der Waals surface area contributed by atoms with Crippen LogP contribution >= 0.6 is 11.8 Å². The van der Waals surface area contributed by atoms with E-state index in [9.17, 15) is 8.42 Å². The first kappa shape index (κ1) is 14.5. The molecular weight excluding hydrogens is 256 g/mol. The molecule has 0 spiro atoms. The number of benzene rings is 1. The van der Waals surface area contributed by atoms with E-state index in [0.29, 0.717) is 18.0 Å². The van der Waals surface area contributed by atoms with Crippen LogP contribution in [0.5, 0.6) is 0 Å². The van der Waals surface area contributed by atoms with Crippen molar-refractivity contribution in [1.29, 1.82) is 0 Å². The maximum atomic E-state index is 11.9. The Balaban J connectivity index is 2.68. The van der Waals surface area contributed by atoms with Gasteiger partial charge in [-0.05, 0) is 31.0 Å².